The first-order chi connectivity index (χ1) is 5.74. The Balaban J connectivity index is 3.66. The van der Waals surface area contributed by atoms with Crippen LogP contribution in [0, 0.1) is 0 Å². The molecule has 0 amide bonds. The molecule has 6 heteroatoms. The number of aliphatic hydroxyl groups is 1. The summed E-state index contributed by atoms with van der Waals surface area (Å²) >= 11 is 0. The van der Waals surface area contributed by atoms with Gasteiger partial charge in [0.25, 0.3) is 7.41 Å². The number of hydrogen-bond acceptors (Lipinski definition) is 5. The Morgan fingerprint density at radius 3 is 2.92 bits per heavy atom. The van der Waals surface area contributed by atoms with Gasteiger partial charge in [0.1, 0.15) is 0 Å². The first kappa shape index (κ1) is 11.1. The largest absolute Gasteiger partial charge is 0.469 e. The molecule has 0 fully saturated rings. The lowest BCUT2D eigenvalue weighted by Crippen LogP contribution is -2.38. The summed E-state index contributed by atoms with van der Waals surface area (Å²) in [6.45, 7) is -0.192. The van der Waals surface area contributed by atoms with Gasteiger partial charge in [0.05, 0.1) is 26.3 Å². The lowest BCUT2D eigenvalue weighted by Gasteiger charge is -2.11. The standard InChI is InChI=1S/C6H12BNO4/c1-12-6(11)2-5(3-9)8-7-4-10/h4-5,7-9H,2-3H2,1H3/t5-/m1/s1. The van der Waals surface area contributed by atoms with Gasteiger partial charge in [-0.15, -0.1) is 0 Å². The SMILES string of the molecule is COC(=O)C[C@H](CO)NBC=O. The molecule has 0 heterocycles. The maximum absolute atomic E-state index is 10.7. The van der Waals surface area contributed by atoms with E-state index in [1.54, 1.807) is 0 Å². The minimum Gasteiger partial charge on any atom is -0.469 e. The van der Waals surface area contributed by atoms with Crippen LogP contribution in [0.2, 0.25) is 0 Å². The van der Waals surface area contributed by atoms with E-state index < -0.39 is 12.0 Å². The highest BCUT2D eigenvalue weighted by Crippen LogP contribution is 1.91. The topological polar surface area (TPSA) is 75.6 Å². The lowest BCUT2D eigenvalue weighted by molar-refractivity contribution is -0.141. The first-order valence-electron chi connectivity index (χ1n) is 3.59. The molecule has 0 aliphatic rings. The van der Waals surface area contributed by atoms with Crippen molar-refractivity contribution in [2.24, 2.45) is 0 Å². The summed E-state index contributed by atoms with van der Waals surface area (Å²) in [6, 6.07) is -0.400. The molecule has 0 spiro atoms. The summed E-state index contributed by atoms with van der Waals surface area (Å²) in [4.78, 5) is 20.6. The van der Waals surface area contributed by atoms with Gasteiger partial charge in [-0.2, -0.15) is 0 Å². The van der Waals surface area contributed by atoms with Crippen LogP contribution < -0.4 is 5.23 Å². The van der Waals surface area contributed by atoms with Crippen molar-refractivity contribution in [3.63, 3.8) is 0 Å². The number of nitrogens with one attached hydrogen (secondary N) is 1. The van der Waals surface area contributed by atoms with E-state index in [1.165, 1.54) is 7.11 Å². The number of carbonyl (C=O) groups is 2. The third-order valence-corrected chi connectivity index (χ3v) is 1.35. The molecule has 5 nitrogen and oxygen atoms in total. The van der Waals surface area contributed by atoms with Crippen molar-refractivity contribution in [3.05, 3.63) is 0 Å². The number of aliphatic hydroxyl groups excluding tert-OH is 1. The summed E-state index contributed by atoms with van der Waals surface area (Å²) in [6.07, 6.45) is 0.737. The zero-order valence-corrected chi connectivity index (χ0v) is 6.95. The van der Waals surface area contributed by atoms with Crippen LogP contribution in [0.4, 0.5) is 0 Å². The van der Waals surface area contributed by atoms with Crippen LogP contribution in [-0.4, -0.2) is 44.4 Å². The quantitative estimate of drug-likeness (QED) is 0.277. The number of hydrogen-bond donors (Lipinski definition) is 2. The summed E-state index contributed by atoms with van der Waals surface area (Å²) in [5.41, 5.74) is 0. The predicted molar refractivity (Wildman–Crippen MR) is 44.5 cm³/mol. The van der Waals surface area contributed by atoms with Crippen molar-refractivity contribution >= 4 is 19.6 Å². The molecule has 0 aromatic heterocycles. The van der Waals surface area contributed by atoms with E-state index in [1.807, 2.05) is 0 Å². The minimum absolute atomic E-state index is 0.0703. The van der Waals surface area contributed by atoms with Crippen molar-refractivity contribution < 1.29 is 19.4 Å². The van der Waals surface area contributed by atoms with Gasteiger partial charge in [0.15, 0.2) is 0 Å². The van der Waals surface area contributed by atoms with Gasteiger partial charge < -0.3 is 19.9 Å². The van der Waals surface area contributed by atoms with Crippen LogP contribution in [0.1, 0.15) is 6.42 Å². The van der Waals surface area contributed by atoms with Crippen LogP contribution in [0.5, 0.6) is 0 Å². The summed E-state index contributed by atoms with van der Waals surface area (Å²) in [7, 11) is 1.40. The van der Waals surface area contributed by atoms with E-state index in [2.05, 4.69) is 9.96 Å². The van der Waals surface area contributed by atoms with Gasteiger partial charge in [-0.3, -0.25) is 4.79 Å². The Hall–Kier alpha value is -0.875. The fourth-order valence-electron chi connectivity index (χ4n) is 0.701. The molecule has 12 heavy (non-hydrogen) atoms. The summed E-state index contributed by atoms with van der Waals surface area (Å²) in [5.74, 6) is -0.410. The van der Waals surface area contributed by atoms with Crippen LogP contribution in [0.25, 0.3) is 0 Å². The predicted octanol–water partition coefficient (Wildman–Crippen LogP) is -1.96. The van der Waals surface area contributed by atoms with Gasteiger partial charge in [-0.1, -0.05) is 0 Å². The molecule has 2 N–H and O–H groups in total. The molecule has 1 atom stereocenters. The monoisotopic (exact) mass is 173 g/mol. The summed E-state index contributed by atoms with van der Waals surface area (Å²) in [5, 5.41) is 11.4. The van der Waals surface area contributed by atoms with Crippen molar-refractivity contribution in [2.45, 2.75) is 12.5 Å². The van der Waals surface area contributed by atoms with Crippen LogP contribution >= 0.6 is 0 Å². The van der Waals surface area contributed by atoms with Crippen molar-refractivity contribution in [1.29, 1.82) is 0 Å². The highest BCUT2D eigenvalue weighted by Gasteiger charge is 2.11. The normalized spacial score (nSPS) is 11.8. The molecule has 0 bridgehead atoms. The smallest absolute Gasteiger partial charge is 0.307 e. The zero-order valence-electron chi connectivity index (χ0n) is 6.95. The maximum atomic E-state index is 10.7. The van der Waals surface area contributed by atoms with E-state index in [0.717, 1.165) is 0 Å². The molecule has 0 aromatic rings. The second-order valence-electron chi connectivity index (χ2n) is 2.23. The van der Waals surface area contributed by atoms with E-state index in [9.17, 15) is 9.59 Å². The molecule has 0 aromatic carbocycles. The molecule has 0 saturated heterocycles. The maximum Gasteiger partial charge on any atom is 0.307 e. The van der Waals surface area contributed by atoms with Crippen molar-refractivity contribution in [1.82, 2.24) is 5.23 Å². The van der Waals surface area contributed by atoms with Crippen molar-refractivity contribution in [2.75, 3.05) is 13.7 Å². The number of methoxy groups -OCH3 is 1. The molecule has 0 saturated carbocycles. The molecule has 0 rings (SSSR count). The second kappa shape index (κ2) is 6.81. The third kappa shape index (κ3) is 4.87. The number of ether oxygens (including phenoxy) is 1. The molecule has 0 aliphatic heterocycles. The van der Waals surface area contributed by atoms with E-state index >= 15 is 0 Å². The Labute approximate surface area is 71.4 Å². The number of esters is 1. The Morgan fingerprint density at radius 2 is 2.50 bits per heavy atom. The zero-order chi connectivity index (χ0) is 9.40. The van der Waals surface area contributed by atoms with E-state index in [-0.39, 0.29) is 20.4 Å². The van der Waals surface area contributed by atoms with Gasteiger partial charge in [-0.05, 0) is 0 Å². The molecule has 0 unspecified atom stereocenters. The molecular weight excluding hydrogens is 161 g/mol. The van der Waals surface area contributed by atoms with Gasteiger partial charge in [0.2, 0.25) is 0 Å². The van der Waals surface area contributed by atoms with Gasteiger partial charge in [0, 0.05) is 6.04 Å². The molecule has 0 radical (unpaired) electrons. The molecule has 68 valence electrons. The Bertz CT molecular complexity index is 152. The summed E-state index contributed by atoms with van der Waals surface area (Å²) < 4.78 is 4.38. The van der Waals surface area contributed by atoms with Crippen molar-refractivity contribution in [3.8, 4) is 0 Å². The average molecular weight is 173 g/mol. The van der Waals surface area contributed by atoms with Crippen LogP contribution in [-0.2, 0) is 14.3 Å². The lowest BCUT2D eigenvalue weighted by atomic mass is 9.96. The first-order valence-corrected chi connectivity index (χ1v) is 3.59. The molecular formula is C6H12BNO4. The highest BCUT2D eigenvalue weighted by atomic mass is 16.5. The fourth-order valence-corrected chi connectivity index (χ4v) is 0.701. The third-order valence-electron chi connectivity index (χ3n) is 1.35. The molecule has 0 aliphatic carbocycles. The highest BCUT2D eigenvalue weighted by molar-refractivity contribution is 6.64. The fraction of sp³-hybridized carbons (Fsp3) is 0.667. The van der Waals surface area contributed by atoms with E-state index in [4.69, 9.17) is 5.11 Å². The van der Waals surface area contributed by atoms with Gasteiger partial charge in [-0.25, -0.2) is 0 Å². The second-order valence-corrected chi connectivity index (χ2v) is 2.23. The van der Waals surface area contributed by atoms with Gasteiger partial charge >= 0.3 is 5.97 Å². The average Bonchev–Trinajstić information content (AvgIpc) is 2.11. The Kier molecular flexibility index (Phi) is 6.31. The van der Waals surface area contributed by atoms with Crippen LogP contribution in [0.3, 0.4) is 0 Å². The Morgan fingerprint density at radius 1 is 1.83 bits per heavy atom. The number of carbonyl (C=O) groups excluding carboxylic acids is 2. The number of rotatable bonds is 6. The van der Waals surface area contributed by atoms with Crippen LogP contribution in [0.15, 0.2) is 0 Å². The minimum atomic E-state index is -0.410. The van der Waals surface area contributed by atoms with E-state index in [0.29, 0.717) is 6.19 Å².